The van der Waals surface area contributed by atoms with Crippen LogP contribution in [0.15, 0.2) is 72.0 Å². The standard InChI is InChI=1S/C25H25FN4OS/c1-18-14-28-25(32-17-20-9-5-11-27-15-20)29-23(18)21-10-6-12-30(16-21)24(31)22(26)13-19-7-3-2-4-8-19/h2-5,7-9,11,13-15,21H,6,10,12,16-17H2,1H3/b22-13-. The zero-order chi connectivity index (χ0) is 22.3. The van der Waals surface area contributed by atoms with Gasteiger partial charge in [0.25, 0.3) is 5.91 Å². The van der Waals surface area contributed by atoms with E-state index in [0.717, 1.165) is 35.4 Å². The lowest BCUT2D eigenvalue weighted by atomic mass is 9.92. The number of likely N-dealkylation sites (tertiary alicyclic amines) is 1. The molecule has 0 spiro atoms. The largest absolute Gasteiger partial charge is 0.336 e. The van der Waals surface area contributed by atoms with Crippen LogP contribution in [0.1, 0.15) is 41.1 Å². The van der Waals surface area contributed by atoms with Crippen molar-refractivity contribution < 1.29 is 9.18 Å². The lowest BCUT2D eigenvalue weighted by Crippen LogP contribution is -2.39. The summed E-state index contributed by atoms with van der Waals surface area (Å²) in [7, 11) is 0. The molecule has 0 N–H and O–H groups in total. The van der Waals surface area contributed by atoms with Crippen molar-refractivity contribution in [3.8, 4) is 0 Å². The van der Waals surface area contributed by atoms with Crippen LogP contribution in [-0.2, 0) is 10.5 Å². The number of halogens is 1. The van der Waals surface area contributed by atoms with Crippen LogP contribution in [0.25, 0.3) is 6.08 Å². The molecule has 32 heavy (non-hydrogen) atoms. The molecular weight excluding hydrogens is 423 g/mol. The Morgan fingerprint density at radius 2 is 2.06 bits per heavy atom. The van der Waals surface area contributed by atoms with Crippen LogP contribution >= 0.6 is 11.8 Å². The monoisotopic (exact) mass is 448 g/mol. The minimum absolute atomic E-state index is 0.0676. The number of hydrogen-bond donors (Lipinski definition) is 0. The predicted molar refractivity (Wildman–Crippen MR) is 125 cm³/mol. The first kappa shape index (κ1) is 22.1. The molecular formula is C25H25FN4OS. The molecule has 1 saturated heterocycles. The minimum Gasteiger partial charge on any atom is -0.336 e. The molecule has 0 saturated carbocycles. The topological polar surface area (TPSA) is 59.0 Å². The number of hydrogen-bond acceptors (Lipinski definition) is 5. The molecule has 0 aliphatic carbocycles. The van der Waals surface area contributed by atoms with Gasteiger partial charge in [0, 0.05) is 43.4 Å². The number of rotatable bonds is 6. The van der Waals surface area contributed by atoms with Gasteiger partial charge < -0.3 is 4.90 Å². The second kappa shape index (κ2) is 10.5. The molecule has 3 heterocycles. The molecule has 1 fully saturated rings. The Balaban J connectivity index is 1.45. The normalized spacial score (nSPS) is 16.8. The zero-order valence-electron chi connectivity index (χ0n) is 17.9. The van der Waals surface area contributed by atoms with Crippen LogP contribution in [0.5, 0.6) is 0 Å². The number of carbonyl (C=O) groups excluding carboxylic acids is 1. The summed E-state index contributed by atoms with van der Waals surface area (Å²) in [5.74, 6) is -0.487. The highest BCUT2D eigenvalue weighted by Gasteiger charge is 2.28. The van der Waals surface area contributed by atoms with E-state index >= 15 is 0 Å². The molecule has 1 unspecified atom stereocenters. The van der Waals surface area contributed by atoms with Crippen molar-refractivity contribution >= 4 is 23.7 Å². The Labute approximate surface area is 191 Å². The maximum atomic E-state index is 14.6. The van der Waals surface area contributed by atoms with E-state index in [9.17, 15) is 9.18 Å². The van der Waals surface area contributed by atoms with Gasteiger partial charge in [-0.3, -0.25) is 9.78 Å². The summed E-state index contributed by atoms with van der Waals surface area (Å²) < 4.78 is 14.6. The van der Waals surface area contributed by atoms with Gasteiger partial charge in [0.2, 0.25) is 0 Å². The molecule has 5 nitrogen and oxygen atoms in total. The number of piperidine rings is 1. The fraction of sp³-hybridized carbons (Fsp3) is 0.280. The van der Waals surface area contributed by atoms with Gasteiger partial charge in [-0.25, -0.2) is 14.4 Å². The average molecular weight is 449 g/mol. The first-order valence-corrected chi connectivity index (χ1v) is 11.7. The van der Waals surface area contributed by atoms with Crippen molar-refractivity contribution in [1.82, 2.24) is 19.9 Å². The predicted octanol–water partition coefficient (Wildman–Crippen LogP) is 5.19. The van der Waals surface area contributed by atoms with E-state index in [2.05, 4.69) is 9.97 Å². The average Bonchev–Trinajstić information content (AvgIpc) is 2.84. The van der Waals surface area contributed by atoms with Crippen molar-refractivity contribution in [1.29, 1.82) is 0 Å². The summed E-state index contributed by atoms with van der Waals surface area (Å²) in [6, 6.07) is 13.0. The van der Waals surface area contributed by atoms with Crippen molar-refractivity contribution in [3.05, 3.63) is 89.3 Å². The number of aromatic nitrogens is 3. The number of pyridine rings is 1. The summed E-state index contributed by atoms with van der Waals surface area (Å²) in [6.07, 6.45) is 8.46. The van der Waals surface area contributed by atoms with Crippen molar-refractivity contribution in [2.45, 2.75) is 36.6 Å². The summed E-state index contributed by atoms with van der Waals surface area (Å²) in [5.41, 5.74) is 3.72. The lowest BCUT2D eigenvalue weighted by molar-refractivity contribution is -0.129. The summed E-state index contributed by atoms with van der Waals surface area (Å²) in [4.78, 5) is 27.7. The zero-order valence-corrected chi connectivity index (χ0v) is 18.8. The van der Waals surface area contributed by atoms with E-state index in [0.29, 0.717) is 23.8 Å². The molecule has 2 aromatic heterocycles. The van der Waals surface area contributed by atoms with E-state index in [-0.39, 0.29) is 5.92 Å². The maximum Gasteiger partial charge on any atom is 0.282 e. The molecule has 1 aliphatic rings. The second-order valence-corrected chi connectivity index (χ2v) is 8.81. The fourth-order valence-corrected chi connectivity index (χ4v) is 4.60. The maximum absolute atomic E-state index is 14.6. The van der Waals surface area contributed by atoms with Crippen LogP contribution in [-0.4, -0.2) is 38.8 Å². The highest BCUT2D eigenvalue weighted by molar-refractivity contribution is 7.98. The van der Waals surface area contributed by atoms with Crippen LogP contribution in [0.2, 0.25) is 0 Å². The minimum atomic E-state index is -0.732. The Hall–Kier alpha value is -3.06. The number of carbonyl (C=O) groups is 1. The third-order valence-corrected chi connectivity index (χ3v) is 6.40. The van der Waals surface area contributed by atoms with Gasteiger partial charge in [-0.05, 0) is 48.6 Å². The van der Waals surface area contributed by atoms with Crippen molar-refractivity contribution in [2.75, 3.05) is 13.1 Å². The lowest BCUT2D eigenvalue weighted by Gasteiger charge is -2.32. The molecule has 0 radical (unpaired) electrons. The van der Waals surface area contributed by atoms with E-state index in [4.69, 9.17) is 4.98 Å². The highest BCUT2D eigenvalue weighted by atomic mass is 32.2. The third kappa shape index (κ3) is 5.59. The SMILES string of the molecule is Cc1cnc(SCc2cccnc2)nc1C1CCCN(C(=O)/C(F)=C/c2ccccc2)C1. The third-order valence-electron chi connectivity index (χ3n) is 5.47. The first-order chi connectivity index (χ1) is 15.6. The molecule has 0 bridgehead atoms. The summed E-state index contributed by atoms with van der Waals surface area (Å²) in [6.45, 7) is 3.00. The van der Waals surface area contributed by atoms with Gasteiger partial charge in [0.1, 0.15) is 0 Å². The Morgan fingerprint density at radius 1 is 1.22 bits per heavy atom. The van der Waals surface area contributed by atoms with Crippen molar-refractivity contribution in [3.63, 3.8) is 0 Å². The molecule has 1 atom stereocenters. The number of amides is 1. The first-order valence-electron chi connectivity index (χ1n) is 10.7. The summed E-state index contributed by atoms with van der Waals surface area (Å²) in [5, 5.41) is 0.702. The Kier molecular flexibility index (Phi) is 7.27. The van der Waals surface area contributed by atoms with E-state index in [1.807, 2.05) is 49.6 Å². The molecule has 1 aliphatic heterocycles. The van der Waals surface area contributed by atoms with E-state index in [1.54, 1.807) is 35.0 Å². The Bertz CT molecular complexity index is 1090. The van der Waals surface area contributed by atoms with Gasteiger partial charge in [-0.2, -0.15) is 0 Å². The smallest absolute Gasteiger partial charge is 0.282 e. The summed E-state index contributed by atoms with van der Waals surface area (Å²) >= 11 is 1.56. The second-order valence-electron chi connectivity index (χ2n) is 7.86. The molecule has 1 amide bonds. The highest BCUT2D eigenvalue weighted by Crippen LogP contribution is 2.30. The van der Waals surface area contributed by atoms with Gasteiger partial charge in [0.05, 0.1) is 5.69 Å². The van der Waals surface area contributed by atoms with Gasteiger partial charge >= 0.3 is 0 Å². The number of aryl methyl sites for hydroxylation is 1. The quantitative estimate of drug-likeness (QED) is 0.295. The number of benzene rings is 1. The van der Waals surface area contributed by atoms with Crippen LogP contribution in [0.3, 0.4) is 0 Å². The van der Waals surface area contributed by atoms with Crippen molar-refractivity contribution in [2.24, 2.45) is 0 Å². The molecule has 164 valence electrons. The number of thioether (sulfide) groups is 1. The number of nitrogens with zero attached hydrogens (tertiary/aromatic N) is 4. The fourth-order valence-electron chi connectivity index (χ4n) is 3.85. The molecule has 4 rings (SSSR count). The Morgan fingerprint density at radius 3 is 2.84 bits per heavy atom. The van der Waals surface area contributed by atoms with E-state index in [1.165, 1.54) is 6.08 Å². The molecule has 1 aromatic carbocycles. The van der Waals surface area contributed by atoms with Crippen LogP contribution in [0.4, 0.5) is 4.39 Å². The van der Waals surface area contributed by atoms with Gasteiger partial charge in [0.15, 0.2) is 11.0 Å². The van der Waals surface area contributed by atoms with Gasteiger partial charge in [-0.15, -0.1) is 0 Å². The molecule has 7 heteroatoms. The van der Waals surface area contributed by atoms with E-state index < -0.39 is 11.7 Å². The van der Waals surface area contributed by atoms with Gasteiger partial charge in [-0.1, -0.05) is 48.2 Å². The molecule has 3 aromatic rings. The van der Waals surface area contributed by atoms with Crippen LogP contribution in [0, 0.1) is 6.92 Å². The van der Waals surface area contributed by atoms with Crippen LogP contribution < -0.4 is 0 Å².